The Hall–Kier alpha value is -1.90. The van der Waals surface area contributed by atoms with Gasteiger partial charge in [0.1, 0.15) is 0 Å². The molecule has 1 aromatic rings. The van der Waals surface area contributed by atoms with E-state index in [-0.39, 0.29) is 6.61 Å². The molecule has 0 aliphatic rings. The van der Waals surface area contributed by atoms with Gasteiger partial charge in [-0.1, -0.05) is 44.2 Å². The maximum absolute atomic E-state index is 11.3. The fourth-order valence-electron chi connectivity index (χ4n) is 1.43. The van der Waals surface area contributed by atoms with Gasteiger partial charge in [-0.3, -0.25) is 4.79 Å². The van der Waals surface area contributed by atoms with Gasteiger partial charge in [0.2, 0.25) is 0 Å². The molecule has 0 N–H and O–H groups in total. The van der Waals surface area contributed by atoms with Gasteiger partial charge in [0.15, 0.2) is 0 Å². The first-order valence-corrected chi connectivity index (χ1v) is 6.03. The minimum atomic E-state index is -0.812. The van der Waals surface area contributed by atoms with Gasteiger partial charge in [-0.25, -0.2) is 4.79 Å². The number of ketones is 1. The van der Waals surface area contributed by atoms with Crippen molar-refractivity contribution in [2.45, 2.75) is 26.7 Å². The van der Waals surface area contributed by atoms with Gasteiger partial charge < -0.3 is 4.74 Å². The smallest absolute Gasteiger partial charge is 0.379 e. The summed E-state index contributed by atoms with van der Waals surface area (Å²) in [5.41, 5.74) is 2.13. The van der Waals surface area contributed by atoms with Crippen LogP contribution in [-0.4, -0.2) is 18.4 Å². The first-order chi connectivity index (χ1) is 8.54. The summed E-state index contributed by atoms with van der Waals surface area (Å²) in [6.45, 7) is 6.12. The molecule has 0 amide bonds. The van der Waals surface area contributed by atoms with Gasteiger partial charge in [-0.05, 0) is 30.0 Å². The number of carbonyl (C=O) groups excluding carboxylic acids is 2. The fourth-order valence-corrected chi connectivity index (χ4v) is 1.43. The highest BCUT2D eigenvalue weighted by Crippen LogP contribution is 2.15. The van der Waals surface area contributed by atoms with E-state index in [9.17, 15) is 9.59 Å². The summed E-state index contributed by atoms with van der Waals surface area (Å²) < 4.78 is 4.60. The van der Waals surface area contributed by atoms with E-state index in [0.717, 1.165) is 5.56 Å². The van der Waals surface area contributed by atoms with Crippen LogP contribution in [0.15, 0.2) is 30.3 Å². The SMILES string of the molecule is CCOC(=O)C(=O)/C=C/c1ccc(C(C)C)cc1. The second-order valence-electron chi connectivity index (χ2n) is 4.24. The number of hydrogen-bond acceptors (Lipinski definition) is 3. The van der Waals surface area contributed by atoms with Gasteiger partial charge in [-0.2, -0.15) is 0 Å². The highest BCUT2D eigenvalue weighted by molar-refractivity contribution is 6.39. The second kappa shape index (κ2) is 6.74. The summed E-state index contributed by atoms with van der Waals surface area (Å²) in [6, 6.07) is 7.87. The standard InChI is InChI=1S/C15H18O3/c1-4-18-15(17)14(16)10-7-12-5-8-13(9-6-12)11(2)3/h5-11H,4H2,1-3H3/b10-7+. The van der Waals surface area contributed by atoms with E-state index in [0.29, 0.717) is 5.92 Å². The lowest BCUT2D eigenvalue weighted by Gasteiger charge is -2.04. The van der Waals surface area contributed by atoms with Crippen molar-refractivity contribution in [2.75, 3.05) is 6.61 Å². The molecule has 3 heteroatoms. The molecule has 0 saturated carbocycles. The van der Waals surface area contributed by atoms with Crippen LogP contribution >= 0.6 is 0 Å². The van der Waals surface area contributed by atoms with Crippen LogP contribution in [0.3, 0.4) is 0 Å². The predicted molar refractivity (Wildman–Crippen MR) is 71.2 cm³/mol. The zero-order chi connectivity index (χ0) is 13.5. The third-order valence-corrected chi connectivity index (χ3v) is 2.51. The van der Waals surface area contributed by atoms with E-state index in [1.807, 2.05) is 24.3 Å². The molecule has 3 nitrogen and oxygen atoms in total. The maximum Gasteiger partial charge on any atom is 0.379 e. The zero-order valence-corrected chi connectivity index (χ0v) is 11.0. The predicted octanol–water partition coefficient (Wildman–Crippen LogP) is 2.96. The molecule has 1 rings (SSSR count). The molecular formula is C15H18O3. The number of esters is 1. The van der Waals surface area contributed by atoms with E-state index in [1.54, 1.807) is 13.0 Å². The van der Waals surface area contributed by atoms with E-state index in [4.69, 9.17) is 0 Å². The van der Waals surface area contributed by atoms with Gasteiger partial charge in [0, 0.05) is 0 Å². The number of rotatable bonds is 5. The molecule has 18 heavy (non-hydrogen) atoms. The molecule has 0 unspecified atom stereocenters. The molecule has 1 aromatic carbocycles. The summed E-state index contributed by atoms with van der Waals surface area (Å²) >= 11 is 0. The Morgan fingerprint density at radius 3 is 2.33 bits per heavy atom. The molecule has 0 atom stereocenters. The third-order valence-electron chi connectivity index (χ3n) is 2.51. The van der Waals surface area contributed by atoms with Crippen molar-refractivity contribution in [1.82, 2.24) is 0 Å². The molecule has 96 valence electrons. The first-order valence-electron chi connectivity index (χ1n) is 6.03. The van der Waals surface area contributed by atoms with E-state index in [2.05, 4.69) is 18.6 Å². The van der Waals surface area contributed by atoms with Gasteiger partial charge in [0.05, 0.1) is 6.61 Å². The highest BCUT2D eigenvalue weighted by atomic mass is 16.5. The molecule has 0 bridgehead atoms. The molecule has 0 aromatic heterocycles. The quantitative estimate of drug-likeness (QED) is 0.456. The van der Waals surface area contributed by atoms with Crippen LogP contribution in [-0.2, 0) is 14.3 Å². The lowest BCUT2D eigenvalue weighted by Crippen LogP contribution is -2.14. The largest absolute Gasteiger partial charge is 0.460 e. The van der Waals surface area contributed by atoms with Crippen molar-refractivity contribution in [2.24, 2.45) is 0 Å². The van der Waals surface area contributed by atoms with E-state index < -0.39 is 11.8 Å². The van der Waals surface area contributed by atoms with Crippen LogP contribution in [0.1, 0.15) is 37.8 Å². The fraction of sp³-hybridized carbons (Fsp3) is 0.333. The summed E-state index contributed by atoms with van der Waals surface area (Å²) in [5.74, 6) is -0.971. The Kier molecular flexibility index (Phi) is 5.31. The van der Waals surface area contributed by atoms with Gasteiger partial charge in [-0.15, -0.1) is 0 Å². The van der Waals surface area contributed by atoms with Crippen molar-refractivity contribution in [1.29, 1.82) is 0 Å². The molecule has 0 aliphatic carbocycles. The van der Waals surface area contributed by atoms with Crippen LogP contribution in [0.2, 0.25) is 0 Å². The molecule has 0 radical (unpaired) electrons. The highest BCUT2D eigenvalue weighted by Gasteiger charge is 2.10. The van der Waals surface area contributed by atoms with Crippen LogP contribution in [0, 0.1) is 0 Å². The lowest BCUT2D eigenvalue weighted by atomic mass is 10.0. The van der Waals surface area contributed by atoms with Crippen molar-refractivity contribution in [3.63, 3.8) is 0 Å². The lowest BCUT2D eigenvalue weighted by molar-refractivity contribution is -0.151. The minimum absolute atomic E-state index is 0.210. The summed E-state index contributed by atoms with van der Waals surface area (Å²) in [5, 5.41) is 0. The summed E-state index contributed by atoms with van der Waals surface area (Å²) in [6.07, 6.45) is 2.85. The molecular weight excluding hydrogens is 228 g/mol. The Morgan fingerprint density at radius 1 is 1.22 bits per heavy atom. The minimum Gasteiger partial charge on any atom is -0.460 e. The molecule has 0 aliphatic heterocycles. The third kappa shape index (κ3) is 4.17. The van der Waals surface area contributed by atoms with Crippen molar-refractivity contribution >= 4 is 17.8 Å². The number of hydrogen-bond donors (Lipinski definition) is 0. The second-order valence-corrected chi connectivity index (χ2v) is 4.24. The molecule has 0 saturated heterocycles. The van der Waals surface area contributed by atoms with E-state index >= 15 is 0 Å². The average Bonchev–Trinajstić information content (AvgIpc) is 2.36. The Balaban J connectivity index is 2.67. The normalized spacial score (nSPS) is 10.9. The molecule has 0 spiro atoms. The first kappa shape index (κ1) is 14.2. The Bertz CT molecular complexity index is 441. The van der Waals surface area contributed by atoms with E-state index in [1.165, 1.54) is 11.6 Å². The zero-order valence-electron chi connectivity index (χ0n) is 11.0. The molecule has 0 fully saturated rings. The monoisotopic (exact) mass is 246 g/mol. The molecule has 0 heterocycles. The Morgan fingerprint density at radius 2 is 1.83 bits per heavy atom. The van der Waals surface area contributed by atoms with Crippen LogP contribution in [0.5, 0.6) is 0 Å². The summed E-state index contributed by atoms with van der Waals surface area (Å²) in [7, 11) is 0. The van der Waals surface area contributed by atoms with Crippen molar-refractivity contribution in [3.8, 4) is 0 Å². The average molecular weight is 246 g/mol. The van der Waals surface area contributed by atoms with Crippen molar-refractivity contribution in [3.05, 3.63) is 41.5 Å². The number of benzene rings is 1. The van der Waals surface area contributed by atoms with Crippen LogP contribution < -0.4 is 0 Å². The van der Waals surface area contributed by atoms with Gasteiger partial charge >= 0.3 is 5.97 Å². The maximum atomic E-state index is 11.3. The Labute approximate surface area is 107 Å². The van der Waals surface area contributed by atoms with Crippen LogP contribution in [0.4, 0.5) is 0 Å². The number of carbonyl (C=O) groups is 2. The number of ether oxygens (including phenoxy) is 1. The topological polar surface area (TPSA) is 43.4 Å². The van der Waals surface area contributed by atoms with Crippen LogP contribution in [0.25, 0.3) is 6.08 Å². The van der Waals surface area contributed by atoms with Gasteiger partial charge in [0.25, 0.3) is 5.78 Å². The van der Waals surface area contributed by atoms with Crippen molar-refractivity contribution < 1.29 is 14.3 Å². The summed E-state index contributed by atoms with van der Waals surface area (Å²) in [4.78, 5) is 22.4.